The summed E-state index contributed by atoms with van der Waals surface area (Å²) in [6.45, 7) is 0.318. The summed E-state index contributed by atoms with van der Waals surface area (Å²) in [5, 5.41) is 13.0. The first-order chi connectivity index (χ1) is 11.5. The fourth-order valence-corrected chi connectivity index (χ4v) is 2.47. The topological polar surface area (TPSA) is 58.6 Å². The van der Waals surface area contributed by atoms with Crippen molar-refractivity contribution < 1.29 is 23.4 Å². The molecule has 0 aromatic heterocycles. The minimum atomic E-state index is -3.28. The molecule has 0 radical (unpaired) electrons. The fraction of sp³-hybridized carbons (Fsp3) is 0.167. The number of halogens is 2. The van der Waals surface area contributed by atoms with Crippen LogP contribution in [0.4, 0.5) is 8.78 Å². The van der Waals surface area contributed by atoms with E-state index in [1.54, 1.807) is 12.1 Å². The zero-order valence-corrected chi connectivity index (χ0v) is 12.6. The molecule has 1 atom stereocenters. The molecule has 0 fully saturated rings. The van der Waals surface area contributed by atoms with Gasteiger partial charge in [-0.2, -0.15) is 0 Å². The first-order valence-electron chi connectivity index (χ1n) is 7.33. The third-order valence-electron chi connectivity index (χ3n) is 3.72. The maximum Gasteiger partial charge on any atom is 0.307 e. The van der Waals surface area contributed by atoms with Crippen LogP contribution < -0.4 is 10.1 Å². The van der Waals surface area contributed by atoms with Gasteiger partial charge in [-0.1, -0.05) is 42.5 Å². The van der Waals surface area contributed by atoms with Crippen molar-refractivity contribution in [2.45, 2.75) is 18.8 Å². The number of hydrogen-bond acceptors (Lipinski definition) is 4. The van der Waals surface area contributed by atoms with E-state index in [2.05, 4.69) is 5.32 Å². The lowest BCUT2D eigenvalue weighted by atomic mass is 9.93. The molecule has 6 heteroatoms. The van der Waals surface area contributed by atoms with Gasteiger partial charge in [0.05, 0.1) is 11.1 Å². The minimum absolute atomic E-state index is 0.0643. The minimum Gasteiger partial charge on any atom is -0.451 e. The van der Waals surface area contributed by atoms with Crippen LogP contribution in [0.5, 0.6) is 5.75 Å². The molecule has 3 rings (SSSR count). The largest absolute Gasteiger partial charge is 0.451 e. The van der Waals surface area contributed by atoms with Crippen molar-refractivity contribution in [3.8, 4) is 5.75 Å². The lowest BCUT2D eigenvalue weighted by molar-refractivity contribution is -0.193. The Morgan fingerprint density at radius 2 is 1.79 bits per heavy atom. The number of carbonyl (C=O) groups is 1. The third kappa shape index (κ3) is 2.88. The number of Topliss-reactive ketones (excluding diaryl/α,β-unsaturated/α-hetero) is 1. The number of nitrogens with one attached hydrogen (secondary N) is 1. The van der Waals surface area contributed by atoms with Gasteiger partial charge in [0.15, 0.2) is 0 Å². The normalized spacial score (nSPS) is 21.5. The molecule has 1 heterocycles. The first-order valence-corrected chi connectivity index (χ1v) is 7.33. The predicted octanol–water partition coefficient (Wildman–Crippen LogP) is 2.89. The van der Waals surface area contributed by atoms with E-state index in [1.807, 2.05) is 30.3 Å². The van der Waals surface area contributed by atoms with Crippen LogP contribution in [0, 0.1) is 0 Å². The molecule has 1 aliphatic rings. The second kappa shape index (κ2) is 6.41. The zero-order chi connectivity index (χ0) is 17.2. The van der Waals surface area contributed by atoms with Gasteiger partial charge in [0.2, 0.25) is 5.78 Å². The number of para-hydroxylation sites is 1. The molecule has 2 aromatic carbocycles. The number of rotatable bonds is 4. The molecule has 0 unspecified atom stereocenters. The van der Waals surface area contributed by atoms with Crippen molar-refractivity contribution in [1.29, 1.82) is 0 Å². The molecular formula is C18H15F2NO3. The standard InChI is InChI=1S/C18H15F2NO3/c19-17(20)18(23)14(11-21-10-12-6-2-1-3-7-12)16(22)13-8-4-5-9-15(13)24-18/h1-9,11,17,21,23H,10H2/b14-11+/t18-/m1/s1. The average Bonchev–Trinajstić information content (AvgIpc) is 2.58. The SMILES string of the molecule is O=C1/C(=C\NCc2ccccc2)[C@](O)(C(F)F)Oc2ccccc21. The van der Waals surface area contributed by atoms with Crippen LogP contribution in [0.25, 0.3) is 0 Å². The van der Waals surface area contributed by atoms with E-state index in [4.69, 9.17) is 4.74 Å². The van der Waals surface area contributed by atoms with Gasteiger partial charge in [-0.15, -0.1) is 0 Å². The highest BCUT2D eigenvalue weighted by Crippen LogP contribution is 2.38. The Kier molecular flexibility index (Phi) is 4.31. The van der Waals surface area contributed by atoms with Crippen molar-refractivity contribution in [1.82, 2.24) is 5.32 Å². The molecule has 0 aliphatic carbocycles. The number of ketones is 1. The van der Waals surface area contributed by atoms with Gasteiger partial charge >= 0.3 is 12.2 Å². The van der Waals surface area contributed by atoms with E-state index < -0.39 is 23.6 Å². The molecule has 0 amide bonds. The van der Waals surface area contributed by atoms with Crippen molar-refractivity contribution in [3.63, 3.8) is 0 Å². The molecule has 0 spiro atoms. The quantitative estimate of drug-likeness (QED) is 0.846. The van der Waals surface area contributed by atoms with Crippen LogP contribution in [0.1, 0.15) is 15.9 Å². The van der Waals surface area contributed by atoms with Gasteiger partial charge in [-0.3, -0.25) is 4.79 Å². The Labute approximate surface area is 137 Å². The van der Waals surface area contributed by atoms with E-state index in [0.717, 1.165) is 11.8 Å². The number of alkyl halides is 2. The second-order valence-electron chi connectivity index (χ2n) is 5.35. The number of aliphatic hydroxyl groups is 1. The molecule has 124 valence electrons. The lowest BCUT2D eigenvalue weighted by Gasteiger charge is -2.34. The summed E-state index contributed by atoms with van der Waals surface area (Å²) < 4.78 is 31.8. The monoisotopic (exact) mass is 331 g/mol. The number of fused-ring (bicyclic) bond motifs is 1. The number of hydrogen-bond donors (Lipinski definition) is 2. The molecule has 2 N–H and O–H groups in total. The smallest absolute Gasteiger partial charge is 0.307 e. The number of benzene rings is 2. The van der Waals surface area contributed by atoms with Crippen molar-refractivity contribution >= 4 is 5.78 Å². The molecule has 4 nitrogen and oxygen atoms in total. The molecule has 1 aliphatic heterocycles. The Morgan fingerprint density at radius 1 is 1.12 bits per heavy atom. The number of carbonyl (C=O) groups excluding carboxylic acids is 1. The van der Waals surface area contributed by atoms with Gasteiger partial charge in [0.1, 0.15) is 5.75 Å². The van der Waals surface area contributed by atoms with Crippen LogP contribution in [0.15, 0.2) is 66.4 Å². The van der Waals surface area contributed by atoms with E-state index in [9.17, 15) is 18.7 Å². The van der Waals surface area contributed by atoms with Crippen LogP contribution in [0.2, 0.25) is 0 Å². The van der Waals surface area contributed by atoms with Crippen molar-refractivity contribution in [2.75, 3.05) is 0 Å². The maximum absolute atomic E-state index is 13.4. The van der Waals surface area contributed by atoms with Gasteiger partial charge in [0.25, 0.3) is 0 Å². The summed E-state index contributed by atoms with van der Waals surface area (Å²) in [7, 11) is 0. The summed E-state index contributed by atoms with van der Waals surface area (Å²) in [6.07, 6.45) is -2.18. The lowest BCUT2D eigenvalue weighted by Crippen LogP contribution is -2.50. The van der Waals surface area contributed by atoms with Crippen molar-refractivity contribution in [3.05, 3.63) is 77.5 Å². The number of ether oxygens (including phenoxy) is 1. The van der Waals surface area contributed by atoms with E-state index in [0.29, 0.717) is 6.54 Å². The van der Waals surface area contributed by atoms with E-state index in [-0.39, 0.29) is 11.3 Å². The average molecular weight is 331 g/mol. The van der Waals surface area contributed by atoms with Crippen molar-refractivity contribution in [2.24, 2.45) is 0 Å². The summed E-state index contributed by atoms with van der Waals surface area (Å²) in [4.78, 5) is 12.5. The third-order valence-corrected chi connectivity index (χ3v) is 3.72. The summed E-state index contributed by atoms with van der Waals surface area (Å²) in [5.74, 6) is -3.74. The zero-order valence-electron chi connectivity index (χ0n) is 12.6. The van der Waals surface area contributed by atoms with Gasteiger partial charge in [0, 0.05) is 12.7 Å². The molecule has 0 saturated heterocycles. The molecule has 2 aromatic rings. The van der Waals surface area contributed by atoms with Crippen LogP contribution in [0.3, 0.4) is 0 Å². The Hall–Kier alpha value is -2.73. The summed E-state index contributed by atoms with van der Waals surface area (Å²) in [6, 6.07) is 15.2. The molecular weight excluding hydrogens is 316 g/mol. The summed E-state index contributed by atoms with van der Waals surface area (Å²) in [5.41, 5.74) is 0.516. The van der Waals surface area contributed by atoms with Crippen LogP contribution in [-0.2, 0) is 6.54 Å². The van der Waals surface area contributed by atoms with Crippen LogP contribution in [-0.4, -0.2) is 23.1 Å². The van der Waals surface area contributed by atoms with E-state index in [1.165, 1.54) is 12.1 Å². The molecule has 0 saturated carbocycles. The second-order valence-corrected chi connectivity index (χ2v) is 5.35. The highest BCUT2D eigenvalue weighted by Gasteiger charge is 2.51. The maximum atomic E-state index is 13.4. The molecule has 0 bridgehead atoms. The summed E-state index contributed by atoms with van der Waals surface area (Å²) >= 11 is 0. The fourth-order valence-electron chi connectivity index (χ4n) is 2.47. The van der Waals surface area contributed by atoms with E-state index >= 15 is 0 Å². The highest BCUT2D eigenvalue weighted by molar-refractivity contribution is 6.12. The Bertz CT molecular complexity index is 777. The Balaban J connectivity index is 1.91. The van der Waals surface area contributed by atoms with Gasteiger partial charge < -0.3 is 15.2 Å². The van der Waals surface area contributed by atoms with Gasteiger partial charge in [-0.05, 0) is 17.7 Å². The predicted molar refractivity (Wildman–Crippen MR) is 83.7 cm³/mol. The highest BCUT2D eigenvalue weighted by atomic mass is 19.3. The first kappa shape index (κ1) is 16.1. The van der Waals surface area contributed by atoms with Gasteiger partial charge in [-0.25, -0.2) is 8.78 Å². The van der Waals surface area contributed by atoms with Crippen LogP contribution >= 0.6 is 0 Å². The Morgan fingerprint density at radius 3 is 2.50 bits per heavy atom. The molecule has 24 heavy (non-hydrogen) atoms.